The fraction of sp³-hybridized carbons (Fsp3) is 0.0667. The molecular weight excluding hydrogens is 268 g/mol. The zero-order valence-corrected chi connectivity index (χ0v) is 11.1. The van der Waals surface area contributed by atoms with Crippen LogP contribution in [0.1, 0.15) is 5.56 Å². The van der Waals surface area contributed by atoms with Gasteiger partial charge in [0, 0.05) is 6.20 Å². The molecule has 0 aliphatic heterocycles. The molecule has 0 atom stereocenters. The quantitative estimate of drug-likeness (QED) is 0.732. The molecule has 0 saturated carbocycles. The summed E-state index contributed by atoms with van der Waals surface area (Å²) in [5.41, 5.74) is 1.68. The van der Waals surface area contributed by atoms with Crippen LogP contribution in [0.3, 0.4) is 0 Å². The fourth-order valence-electron chi connectivity index (χ4n) is 1.88. The predicted molar refractivity (Wildman–Crippen MR) is 74.2 cm³/mol. The number of hydrogen-bond acceptors (Lipinski definition) is 6. The summed E-state index contributed by atoms with van der Waals surface area (Å²) in [5.74, 6) is 1.23. The minimum Gasteiger partial charge on any atom is -0.496 e. The molecule has 102 valence electrons. The summed E-state index contributed by atoms with van der Waals surface area (Å²) >= 11 is 0. The first-order chi connectivity index (χ1) is 10.3. The third kappa shape index (κ3) is 2.44. The maximum Gasteiger partial charge on any atom is 0.262 e. The minimum atomic E-state index is 0.282. The molecule has 0 amide bonds. The highest BCUT2D eigenvalue weighted by atomic mass is 16.5. The molecule has 2 aromatic heterocycles. The van der Waals surface area contributed by atoms with E-state index < -0.39 is 0 Å². The summed E-state index contributed by atoms with van der Waals surface area (Å²) in [4.78, 5) is 8.47. The average Bonchev–Trinajstić information content (AvgIpc) is 3.05. The SMILES string of the molecule is COc1ccc(C#N)cc1-c1nc(-c2ccccn2)no1. The Morgan fingerprint density at radius 3 is 2.86 bits per heavy atom. The van der Waals surface area contributed by atoms with Gasteiger partial charge in [-0.25, -0.2) is 0 Å². The summed E-state index contributed by atoms with van der Waals surface area (Å²) in [5, 5.41) is 12.9. The zero-order valence-electron chi connectivity index (χ0n) is 11.1. The molecule has 0 N–H and O–H groups in total. The van der Waals surface area contributed by atoms with Crippen LogP contribution in [-0.4, -0.2) is 22.2 Å². The Hall–Kier alpha value is -3.20. The van der Waals surface area contributed by atoms with Gasteiger partial charge in [0.05, 0.1) is 24.3 Å². The van der Waals surface area contributed by atoms with Crippen LogP contribution >= 0.6 is 0 Å². The van der Waals surface area contributed by atoms with Gasteiger partial charge in [-0.05, 0) is 30.3 Å². The van der Waals surface area contributed by atoms with Gasteiger partial charge >= 0.3 is 0 Å². The smallest absolute Gasteiger partial charge is 0.262 e. The van der Waals surface area contributed by atoms with E-state index in [9.17, 15) is 0 Å². The first-order valence-corrected chi connectivity index (χ1v) is 6.15. The van der Waals surface area contributed by atoms with E-state index in [1.165, 1.54) is 0 Å². The van der Waals surface area contributed by atoms with Crippen LogP contribution in [0.15, 0.2) is 47.1 Å². The van der Waals surface area contributed by atoms with Crippen molar-refractivity contribution in [3.05, 3.63) is 48.2 Å². The molecule has 1 aromatic carbocycles. The number of rotatable bonds is 3. The van der Waals surface area contributed by atoms with E-state index in [1.54, 1.807) is 37.6 Å². The highest BCUT2D eigenvalue weighted by Crippen LogP contribution is 2.30. The van der Waals surface area contributed by atoms with Crippen molar-refractivity contribution in [2.45, 2.75) is 0 Å². The van der Waals surface area contributed by atoms with Crippen molar-refractivity contribution in [3.8, 4) is 34.8 Å². The molecule has 0 fully saturated rings. The van der Waals surface area contributed by atoms with Crippen LogP contribution in [0.2, 0.25) is 0 Å². The van der Waals surface area contributed by atoms with Crippen molar-refractivity contribution >= 4 is 0 Å². The minimum absolute atomic E-state index is 0.282. The lowest BCUT2D eigenvalue weighted by atomic mass is 10.1. The van der Waals surface area contributed by atoms with Gasteiger partial charge in [0.25, 0.3) is 5.89 Å². The van der Waals surface area contributed by atoms with Gasteiger partial charge in [0.15, 0.2) is 0 Å². The van der Waals surface area contributed by atoms with Crippen molar-refractivity contribution in [2.75, 3.05) is 7.11 Å². The lowest BCUT2D eigenvalue weighted by Gasteiger charge is -2.04. The molecule has 21 heavy (non-hydrogen) atoms. The number of pyridine rings is 1. The fourth-order valence-corrected chi connectivity index (χ4v) is 1.88. The topological polar surface area (TPSA) is 84.8 Å². The van der Waals surface area contributed by atoms with E-state index in [2.05, 4.69) is 21.2 Å². The van der Waals surface area contributed by atoms with E-state index >= 15 is 0 Å². The van der Waals surface area contributed by atoms with Crippen LogP contribution in [-0.2, 0) is 0 Å². The molecule has 0 aliphatic rings. The van der Waals surface area contributed by atoms with Crippen molar-refractivity contribution in [1.82, 2.24) is 15.1 Å². The first-order valence-electron chi connectivity index (χ1n) is 6.15. The molecule has 3 aromatic rings. The summed E-state index contributed by atoms with van der Waals surface area (Å²) < 4.78 is 10.5. The zero-order chi connectivity index (χ0) is 14.7. The standard InChI is InChI=1S/C15H10N4O2/c1-20-13-6-5-10(9-16)8-11(13)15-18-14(19-21-15)12-4-2-3-7-17-12/h2-8H,1H3. The summed E-state index contributed by atoms with van der Waals surface area (Å²) in [6.07, 6.45) is 1.66. The lowest BCUT2D eigenvalue weighted by Crippen LogP contribution is -1.90. The Morgan fingerprint density at radius 2 is 2.14 bits per heavy atom. The summed E-state index contributed by atoms with van der Waals surface area (Å²) in [7, 11) is 1.54. The van der Waals surface area contributed by atoms with E-state index in [4.69, 9.17) is 14.5 Å². The van der Waals surface area contributed by atoms with Crippen LogP contribution in [0, 0.1) is 11.3 Å². The molecule has 0 aliphatic carbocycles. The number of aromatic nitrogens is 3. The third-order valence-electron chi connectivity index (χ3n) is 2.88. The maximum atomic E-state index is 8.99. The molecule has 0 bridgehead atoms. The van der Waals surface area contributed by atoms with Gasteiger partial charge in [-0.2, -0.15) is 10.2 Å². The number of benzene rings is 1. The van der Waals surface area contributed by atoms with Gasteiger partial charge < -0.3 is 9.26 Å². The Balaban J connectivity index is 2.06. The van der Waals surface area contributed by atoms with Crippen molar-refractivity contribution < 1.29 is 9.26 Å². The Labute approximate surface area is 120 Å². The predicted octanol–water partition coefficient (Wildman–Crippen LogP) is 2.68. The Bertz CT molecular complexity index is 806. The number of hydrogen-bond donors (Lipinski definition) is 0. The molecule has 0 radical (unpaired) electrons. The maximum absolute atomic E-state index is 8.99. The molecule has 3 rings (SSSR count). The molecule has 6 heteroatoms. The van der Waals surface area contributed by atoms with Gasteiger partial charge in [0.1, 0.15) is 11.4 Å². The molecule has 0 saturated heterocycles. The second-order valence-corrected chi connectivity index (χ2v) is 4.16. The Morgan fingerprint density at radius 1 is 1.24 bits per heavy atom. The van der Waals surface area contributed by atoms with Gasteiger partial charge in [-0.1, -0.05) is 11.2 Å². The highest BCUT2D eigenvalue weighted by molar-refractivity contribution is 5.66. The molecular formula is C15H10N4O2. The van der Waals surface area contributed by atoms with Crippen LogP contribution in [0.4, 0.5) is 0 Å². The summed E-state index contributed by atoms with van der Waals surface area (Å²) in [6, 6.07) is 12.5. The number of ether oxygens (including phenoxy) is 1. The van der Waals surface area contributed by atoms with Gasteiger partial charge in [0.2, 0.25) is 5.82 Å². The number of nitrogens with zero attached hydrogens (tertiary/aromatic N) is 4. The van der Waals surface area contributed by atoms with Crippen LogP contribution in [0.25, 0.3) is 23.0 Å². The van der Waals surface area contributed by atoms with Crippen LogP contribution < -0.4 is 4.74 Å². The first kappa shape index (κ1) is 12.8. The normalized spacial score (nSPS) is 10.1. The number of nitriles is 1. The van der Waals surface area contributed by atoms with E-state index in [0.29, 0.717) is 28.4 Å². The largest absolute Gasteiger partial charge is 0.496 e. The van der Waals surface area contributed by atoms with E-state index in [1.807, 2.05) is 12.1 Å². The molecule has 2 heterocycles. The second kappa shape index (κ2) is 5.43. The Kier molecular flexibility index (Phi) is 3.31. The second-order valence-electron chi connectivity index (χ2n) is 4.16. The molecule has 0 unspecified atom stereocenters. The third-order valence-corrected chi connectivity index (χ3v) is 2.88. The van der Waals surface area contributed by atoms with Crippen molar-refractivity contribution in [2.24, 2.45) is 0 Å². The van der Waals surface area contributed by atoms with E-state index in [-0.39, 0.29) is 5.89 Å². The molecule has 6 nitrogen and oxygen atoms in total. The summed E-state index contributed by atoms with van der Waals surface area (Å²) in [6.45, 7) is 0. The van der Waals surface area contributed by atoms with Gasteiger partial charge in [-0.15, -0.1) is 0 Å². The van der Waals surface area contributed by atoms with Crippen LogP contribution in [0.5, 0.6) is 5.75 Å². The number of methoxy groups -OCH3 is 1. The van der Waals surface area contributed by atoms with Crippen molar-refractivity contribution in [3.63, 3.8) is 0 Å². The highest BCUT2D eigenvalue weighted by Gasteiger charge is 2.16. The average molecular weight is 278 g/mol. The van der Waals surface area contributed by atoms with E-state index in [0.717, 1.165) is 0 Å². The van der Waals surface area contributed by atoms with Gasteiger partial charge in [-0.3, -0.25) is 4.98 Å². The molecule has 0 spiro atoms. The lowest BCUT2D eigenvalue weighted by molar-refractivity contribution is 0.405. The van der Waals surface area contributed by atoms with Crippen molar-refractivity contribution in [1.29, 1.82) is 5.26 Å². The monoisotopic (exact) mass is 278 g/mol.